The van der Waals surface area contributed by atoms with Gasteiger partial charge in [-0.15, -0.1) is 0 Å². The van der Waals surface area contributed by atoms with Gasteiger partial charge < -0.3 is 10.4 Å². The lowest BCUT2D eigenvalue weighted by Gasteiger charge is -2.38. The van der Waals surface area contributed by atoms with Gasteiger partial charge in [0, 0.05) is 24.3 Å². The maximum atomic E-state index is 9.75. The summed E-state index contributed by atoms with van der Waals surface area (Å²) >= 11 is 0. The van der Waals surface area contributed by atoms with Gasteiger partial charge in [-0.1, -0.05) is 13.8 Å². The molecule has 4 heteroatoms. The average molecular weight is 279 g/mol. The van der Waals surface area contributed by atoms with Crippen molar-refractivity contribution in [1.82, 2.24) is 15.1 Å². The van der Waals surface area contributed by atoms with Crippen molar-refractivity contribution >= 4 is 0 Å². The van der Waals surface area contributed by atoms with Crippen LogP contribution < -0.4 is 5.32 Å². The second-order valence-electron chi connectivity index (χ2n) is 6.52. The highest BCUT2D eigenvalue weighted by molar-refractivity contribution is 5.02. The van der Waals surface area contributed by atoms with Gasteiger partial charge >= 0.3 is 0 Å². The first-order valence-corrected chi connectivity index (χ1v) is 7.98. The first kappa shape index (κ1) is 15.5. The van der Waals surface area contributed by atoms with Crippen molar-refractivity contribution < 1.29 is 5.11 Å². The standard InChI is InChI=1S/C16H29N3O/c1-4-14(3)19-10-7-15(18-19)11-17-16(12-20)8-5-13(2)6-9-16/h7,10,13-14,17,20H,4-6,8-9,11-12H2,1-3H3. The molecule has 0 saturated heterocycles. The topological polar surface area (TPSA) is 50.1 Å². The molecule has 1 saturated carbocycles. The van der Waals surface area contributed by atoms with Gasteiger partial charge in [-0.05, 0) is 51.0 Å². The van der Waals surface area contributed by atoms with Gasteiger partial charge in [-0.3, -0.25) is 4.68 Å². The van der Waals surface area contributed by atoms with Crippen molar-refractivity contribution in [1.29, 1.82) is 0 Å². The van der Waals surface area contributed by atoms with Gasteiger partial charge in [0.2, 0.25) is 0 Å². The van der Waals surface area contributed by atoms with Crippen molar-refractivity contribution in [2.45, 2.75) is 71.0 Å². The smallest absolute Gasteiger partial charge is 0.0762 e. The molecule has 0 amide bonds. The summed E-state index contributed by atoms with van der Waals surface area (Å²) in [5.74, 6) is 0.793. The van der Waals surface area contributed by atoms with Crippen molar-refractivity contribution in [2.75, 3.05) is 6.61 Å². The fraction of sp³-hybridized carbons (Fsp3) is 0.812. The molecule has 114 valence electrons. The molecule has 4 nitrogen and oxygen atoms in total. The Morgan fingerprint density at radius 3 is 2.80 bits per heavy atom. The highest BCUT2D eigenvalue weighted by Gasteiger charge is 2.33. The summed E-state index contributed by atoms with van der Waals surface area (Å²) in [7, 11) is 0. The van der Waals surface area contributed by atoms with E-state index >= 15 is 0 Å². The minimum Gasteiger partial charge on any atom is -0.394 e. The predicted molar refractivity (Wildman–Crippen MR) is 81.5 cm³/mol. The molecule has 2 N–H and O–H groups in total. The highest BCUT2D eigenvalue weighted by atomic mass is 16.3. The Morgan fingerprint density at radius 2 is 2.20 bits per heavy atom. The van der Waals surface area contributed by atoms with Crippen molar-refractivity contribution in [3.8, 4) is 0 Å². The number of nitrogens with one attached hydrogen (secondary N) is 1. The number of aliphatic hydroxyl groups is 1. The zero-order valence-electron chi connectivity index (χ0n) is 13.1. The van der Waals surface area contributed by atoms with Crippen LogP contribution in [0.15, 0.2) is 12.3 Å². The van der Waals surface area contributed by atoms with Crippen LogP contribution in [-0.4, -0.2) is 27.0 Å². The van der Waals surface area contributed by atoms with E-state index in [0.717, 1.165) is 37.4 Å². The average Bonchev–Trinajstić information content (AvgIpc) is 2.95. The predicted octanol–water partition coefficient (Wildman–Crippen LogP) is 2.88. The lowest BCUT2D eigenvalue weighted by atomic mass is 9.77. The summed E-state index contributed by atoms with van der Waals surface area (Å²) in [5, 5.41) is 17.9. The third-order valence-corrected chi connectivity index (χ3v) is 4.88. The van der Waals surface area contributed by atoms with Crippen LogP contribution >= 0.6 is 0 Å². The fourth-order valence-electron chi connectivity index (χ4n) is 2.89. The number of nitrogens with zero attached hydrogens (tertiary/aromatic N) is 2. The largest absolute Gasteiger partial charge is 0.394 e. The van der Waals surface area contributed by atoms with Crippen molar-refractivity contribution in [3.05, 3.63) is 18.0 Å². The van der Waals surface area contributed by atoms with E-state index in [1.54, 1.807) is 0 Å². The molecule has 0 aromatic carbocycles. The zero-order chi connectivity index (χ0) is 14.6. The monoisotopic (exact) mass is 279 g/mol. The summed E-state index contributed by atoms with van der Waals surface area (Å²) in [6.45, 7) is 7.63. The molecule has 1 aliphatic rings. The molecule has 0 radical (unpaired) electrons. The second-order valence-corrected chi connectivity index (χ2v) is 6.52. The van der Waals surface area contributed by atoms with Crippen LogP contribution in [0.2, 0.25) is 0 Å². The molecule has 20 heavy (non-hydrogen) atoms. The summed E-state index contributed by atoms with van der Waals surface area (Å²) in [5.41, 5.74) is 0.976. The molecule has 1 atom stereocenters. The lowest BCUT2D eigenvalue weighted by Crippen LogP contribution is -2.50. The molecule has 1 unspecified atom stereocenters. The molecule has 2 rings (SSSR count). The SMILES string of the molecule is CCC(C)n1ccc(CNC2(CO)CCC(C)CC2)n1. The maximum Gasteiger partial charge on any atom is 0.0762 e. The van der Waals surface area contributed by atoms with Gasteiger partial charge in [-0.25, -0.2) is 0 Å². The highest BCUT2D eigenvalue weighted by Crippen LogP contribution is 2.31. The molecule has 1 aromatic heterocycles. The first-order valence-electron chi connectivity index (χ1n) is 7.98. The summed E-state index contributed by atoms with van der Waals surface area (Å²) in [6, 6.07) is 2.53. The summed E-state index contributed by atoms with van der Waals surface area (Å²) < 4.78 is 2.03. The Bertz CT molecular complexity index is 408. The lowest BCUT2D eigenvalue weighted by molar-refractivity contribution is 0.104. The van der Waals surface area contributed by atoms with Gasteiger partial charge in [0.05, 0.1) is 12.3 Å². The number of rotatable bonds is 6. The Labute approximate surface area is 122 Å². The zero-order valence-corrected chi connectivity index (χ0v) is 13.1. The Morgan fingerprint density at radius 1 is 1.50 bits per heavy atom. The Balaban J connectivity index is 1.91. The molecule has 1 heterocycles. The van der Waals surface area contributed by atoms with E-state index < -0.39 is 0 Å². The van der Waals surface area contributed by atoms with E-state index in [0.29, 0.717) is 6.04 Å². The quantitative estimate of drug-likeness (QED) is 0.842. The van der Waals surface area contributed by atoms with Gasteiger partial charge in [0.15, 0.2) is 0 Å². The normalized spacial score (nSPS) is 28.5. The van der Waals surface area contributed by atoms with Gasteiger partial charge in [0.25, 0.3) is 0 Å². The first-order chi connectivity index (χ1) is 9.58. The Hall–Kier alpha value is -0.870. The third-order valence-electron chi connectivity index (χ3n) is 4.88. The van der Waals surface area contributed by atoms with E-state index in [4.69, 9.17) is 0 Å². The molecular weight excluding hydrogens is 250 g/mol. The number of hydrogen-bond donors (Lipinski definition) is 2. The van der Waals surface area contributed by atoms with E-state index in [1.807, 2.05) is 4.68 Å². The van der Waals surface area contributed by atoms with Crippen LogP contribution in [0.25, 0.3) is 0 Å². The van der Waals surface area contributed by atoms with E-state index in [1.165, 1.54) is 12.8 Å². The molecule has 1 aliphatic carbocycles. The van der Waals surface area contributed by atoms with Gasteiger partial charge in [0.1, 0.15) is 0 Å². The van der Waals surface area contributed by atoms with Crippen LogP contribution in [-0.2, 0) is 6.54 Å². The number of aliphatic hydroxyl groups excluding tert-OH is 1. The number of aromatic nitrogens is 2. The van der Waals surface area contributed by atoms with Crippen molar-refractivity contribution in [2.24, 2.45) is 5.92 Å². The second kappa shape index (κ2) is 6.72. The van der Waals surface area contributed by atoms with E-state index in [-0.39, 0.29) is 12.1 Å². The molecule has 0 spiro atoms. The van der Waals surface area contributed by atoms with Crippen LogP contribution in [0.4, 0.5) is 0 Å². The molecule has 0 bridgehead atoms. The minimum atomic E-state index is -0.0906. The molecule has 1 aromatic rings. The Kier molecular flexibility index (Phi) is 5.22. The van der Waals surface area contributed by atoms with Crippen LogP contribution in [0, 0.1) is 5.92 Å². The minimum absolute atomic E-state index is 0.0906. The molecule has 1 fully saturated rings. The van der Waals surface area contributed by atoms with Crippen LogP contribution in [0.3, 0.4) is 0 Å². The number of hydrogen-bond acceptors (Lipinski definition) is 3. The third kappa shape index (κ3) is 3.61. The summed E-state index contributed by atoms with van der Waals surface area (Å²) in [4.78, 5) is 0. The molecular formula is C16H29N3O. The fourth-order valence-corrected chi connectivity index (χ4v) is 2.89. The van der Waals surface area contributed by atoms with Gasteiger partial charge in [-0.2, -0.15) is 5.10 Å². The van der Waals surface area contributed by atoms with Crippen LogP contribution in [0.5, 0.6) is 0 Å². The maximum absolute atomic E-state index is 9.75. The van der Waals surface area contributed by atoms with Crippen LogP contribution in [0.1, 0.15) is 64.6 Å². The van der Waals surface area contributed by atoms with E-state index in [9.17, 15) is 5.11 Å². The van der Waals surface area contributed by atoms with Crippen molar-refractivity contribution in [3.63, 3.8) is 0 Å². The molecule has 0 aliphatic heterocycles. The van der Waals surface area contributed by atoms with E-state index in [2.05, 4.69) is 43.4 Å². The summed E-state index contributed by atoms with van der Waals surface area (Å²) in [6.07, 6.45) is 7.68.